The van der Waals surface area contributed by atoms with Gasteiger partial charge >= 0.3 is 6.09 Å². The summed E-state index contributed by atoms with van der Waals surface area (Å²) in [6, 6.07) is 5.29. The number of piperidine rings is 1. The summed E-state index contributed by atoms with van der Waals surface area (Å²) in [5.74, 6) is -0.105. The van der Waals surface area contributed by atoms with Crippen LogP contribution in [0.3, 0.4) is 0 Å². The normalized spacial score (nSPS) is 19.4. The van der Waals surface area contributed by atoms with Crippen LogP contribution >= 0.6 is 0 Å². The predicted molar refractivity (Wildman–Crippen MR) is 113 cm³/mol. The van der Waals surface area contributed by atoms with Gasteiger partial charge in [-0.15, -0.1) is 0 Å². The Balaban J connectivity index is 1.71. The van der Waals surface area contributed by atoms with Gasteiger partial charge in [0.2, 0.25) is 0 Å². The third kappa shape index (κ3) is 5.11. The number of benzene rings is 1. The van der Waals surface area contributed by atoms with E-state index in [0.717, 1.165) is 11.3 Å². The quantitative estimate of drug-likeness (QED) is 0.827. The van der Waals surface area contributed by atoms with Crippen LogP contribution in [-0.4, -0.2) is 50.7 Å². The Morgan fingerprint density at radius 1 is 1.27 bits per heavy atom. The fourth-order valence-corrected chi connectivity index (χ4v) is 3.55. The molecule has 3 rings (SSSR count). The van der Waals surface area contributed by atoms with Gasteiger partial charge in [-0.2, -0.15) is 0 Å². The average Bonchev–Trinajstić information content (AvgIpc) is 3.06. The zero-order valence-electron chi connectivity index (χ0n) is 18.2. The molecular formula is C22H30N4O4. The fraction of sp³-hybridized carbons (Fsp3) is 0.500. The number of hydrogen-bond acceptors (Lipinski definition) is 5. The summed E-state index contributed by atoms with van der Waals surface area (Å²) < 4.78 is 13.5. The maximum absolute atomic E-state index is 12.4. The van der Waals surface area contributed by atoms with Crippen molar-refractivity contribution in [3.05, 3.63) is 36.3 Å². The van der Waals surface area contributed by atoms with E-state index in [9.17, 15) is 9.59 Å². The van der Waals surface area contributed by atoms with Crippen molar-refractivity contribution in [1.82, 2.24) is 14.5 Å². The number of carbonyl (C=O) groups excluding carboxylic acids is 2. The number of amides is 2. The van der Waals surface area contributed by atoms with Crippen LogP contribution in [0.5, 0.6) is 5.75 Å². The van der Waals surface area contributed by atoms with Crippen molar-refractivity contribution in [3.63, 3.8) is 0 Å². The number of ether oxygens (including phenoxy) is 2. The SMILES string of the molecule is CC1CC(Oc2ccc(-c3cn(C)cn3)cc2C(N)=O)CCN1C(=O)OC(C)(C)C. The molecule has 30 heavy (non-hydrogen) atoms. The Morgan fingerprint density at radius 3 is 2.57 bits per heavy atom. The Bertz CT molecular complexity index is 931. The number of rotatable bonds is 4. The minimum atomic E-state index is -0.554. The van der Waals surface area contributed by atoms with Gasteiger partial charge in [-0.05, 0) is 45.9 Å². The summed E-state index contributed by atoms with van der Waals surface area (Å²) in [5.41, 5.74) is 6.95. The van der Waals surface area contributed by atoms with Crippen molar-refractivity contribution >= 4 is 12.0 Å². The first-order valence-corrected chi connectivity index (χ1v) is 10.1. The highest BCUT2D eigenvalue weighted by molar-refractivity contribution is 5.97. The van der Waals surface area contributed by atoms with Crippen LogP contribution < -0.4 is 10.5 Å². The average molecular weight is 415 g/mol. The molecule has 1 aliphatic rings. The van der Waals surface area contributed by atoms with E-state index in [4.69, 9.17) is 15.2 Å². The molecule has 1 aromatic heterocycles. The lowest BCUT2D eigenvalue weighted by molar-refractivity contribution is -0.00106. The molecule has 2 amide bonds. The van der Waals surface area contributed by atoms with Crippen LogP contribution in [0.15, 0.2) is 30.7 Å². The number of primary amides is 1. The molecule has 2 heterocycles. The highest BCUT2D eigenvalue weighted by Crippen LogP contribution is 2.29. The van der Waals surface area contributed by atoms with E-state index in [2.05, 4.69) is 4.98 Å². The summed E-state index contributed by atoms with van der Waals surface area (Å²) in [7, 11) is 1.88. The van der Waals surface area contributed by atoms with Crippen molar-refractivity contribution in [2.24, 2.45) is 12.8 Å². The molecule has 0 aliphatic carbocycles. The van der Waals surface area contributed by atoms with E-state index >= 15 is 0 Å². The molecule has 0 saturated carbocycles. The number of hydrogen-bond donors (Lipinski definition) is 1. The number of nitrogens with zero attached hydrogens (tertiary/aromatic N) is 3. The monoisotopic (exact) mass is 414 g/mol. The highest BCUT2D eigenvalue weighted by Gasteiger charge is 2.33. The van der Waals surface area contributed by atoms with Gasteiger partial charge in [0.05, 0.1) is 17.6 Å². The van der Waals surface area contributed by atoms with Crippen molar-refractivity contribution in [1.29, 1.82) is 0 Å². The van der Waals surface area contributed by atoms with Gasteiger partial charge in [-0.25, -0.2) is 9.78 Å². The van der Waals surface area contributed by atoms with Gasteiger partial charge in [-0.3, -0.25) is 4.79 Å². The van der Waals surface area contributed by atoms with Crippen LogP contribution in [0.1, 0.15) is 50.9 Å². The second-order valence-corrected chi connectivity index (χ2v) is 8.79. The lowest BCUT2D eigenvalue weighted by Gasteiger charge is -2.38. The molecule has 2 aromatic rings. The number of likely N-dealkylation sites (tertiary alicyclic amines) is 1. The molecule has 1 aromatic carbocycles. The molecular weight excluding hydrogens is 384 g/mol. The van der Waals surface area contributed by atoms with E-state index in [-0.39, 0.29) is 18.2 Å². The van der Waals surface area contributed by atoms with Gasteiger partial charge in [-0.1, -0.05) is 0 Å². The molecule has 0 bridgehead atoms. The number of aromatic nitrogens is 2. The van der Waals surface area contributed by atoms with E-state index in [0.29, 0.717) is 30.7 Å². The molecule has 2 N–H and O–H groups in total. The standard InChI is InChI=1S/C22H30N4O4/c1-14-10-16(8-9-26(14)21(28)30-22(2,3)4)29-19-7-6-15(11-17(19)20(23)27)18-12-25(5)13-24-18/h6-7,11-14,16H,8-10H2,1-5H3,(H2,23,27). The highest BCUT2D eigenvalue weighted by atomic mass is 16.6. The number of imidazole rings is 1. The zero-order chi connectivity index (χ0) is 22.1. The van der Waals surface area contributed by atoms with E-state index < -0.39 is 11.5 Å². The fourth-order valence-electron chi connectivity index (χ4n) is 3.55. The summed E-state index contributed by atoms with van der Waals surface area (Å²) in [6.45, 7) is 8.06. The molecule has 2 atom stereocenters. The molecule has 0 radical (unpaired) electrons. The minimum absolute atomic E-state index is 0.0385. The molecule has 0 spiro atoms. The van der Waals surface area contributed by atoms with Crippen LogP contribution in [0.4, 0.5) is 4.79 Å². The maximum atomic E-state index is 12.4. The van der Waals surface area contributed by atoms with Crippen molar-refractivity contribution in [2.75, 3.05) is 6.54 Å². The van der Waals surface area contributed by atoms with Crippen molar-refractivity contribution < 1.29 is 19.1 Å². The number of aryl methyl sites for hydroxylation is 1. The smallest absolute Gasteiger partial charge is 0.410 e. The zero-order valence-corrected chi connectivity index (χ0v) is 18.2. The van der Waals surface area contributed by atoms with Crippen LogP contribution in [0, 0.1) is 0 Å². The second kappa shape index (κ2) is 8.38. The summed E-state index contributed by atoms with van der Waals surface area (Å²) in [5, 5.41) is 0. The summed E-state index contributed by atoms with van der Waals surface area (Å²) in [4.78, 5) is 30.5. The first kappa shape index (κ1) is 21.7. The Hall–Kier alpha value is -3.03. The van der Waals surface area contributed by atoms with Gasteiger partial charge < -0.3 is 24.7 Å². The van der Waals surface area contributed by atoms with Gasteiger partial charge in [0.1, 0.15) is 17.5 Å². The Morgan fingerprint density at radius 2 is 2.00 bits per heavy atom. The summed E-state index contributed by atoms with van der Waals surface area (Å²) in [6.07, 6.45) is 4.41. The third-order valence-corrected chi connectivity index (χ3v) is 5.00. The number of carbonyl (C=O) groups is 2. The molecule has 8 heteroatoms. The summed E-state index contributed by atoms with van der Waals surface area (Å²) >= 11 is 0. The maximum Gasteiger partial charge on any atom is 0.410 e. The third-order valence-electron chi connectivity index (χ3n) is 5.00. The van der Waals surface area contributed by atoms with Crippen LogP contribution in [-0.2, 0) is 11.8 Å². The first-order valence-electron chi connectivity index (χ1n) is 10.1. The Kier molecular flexibility index (Phi) is 6.05. The molecule has 1 fully saturated rings. The molecule has 1 saturated heterocycles. The van der Waals surface area contributed by atoms with E-state index in [1.165, 1.54) is 0 Å². The van der Waals surface area contributed by atoms with Gasteiger partial charge in [0.15, 0.2) is 0 Å². The topological polar surface area (TPSA) is 99.7 Å². The van der Waals surface area contributed by atoms with Crippen LogP contribution in [0.25, 0.3) is 11.3 Å². The van der Waals surface area contributed by atoms with Crippen LogP contribution in [0.2, 0.25) is 0 Å². The van der Waals surface area contributed by atoms with Gasteiger partial charge in [0.25, 0.3) is 5.91 Å². The van der Waals surface area contributed by atoms with Crippen molar-refractivity contribution in [3.8, 4) is 17.0 Å². The Labute approximate surface area is 177 Å². The lowest BCUT2D eigenvalue weighted by atomic mass is 10.0. The van der Waals surface area contributed by atoms with Gasteiger partial charge in [0, 0.05) is 44.2 Å². The second-order valence-electron chi connectivity index (χ2n) is 8.79. The number of nitrogens with two attached hydrogens (primary N) is 1. The predicted octanol–water partition coefficient (Wildman–Crippen LogP) is 3.35. The first-order chi connectivity index (χ1) is 14.0. The minimum Gasteiger partial charge on any atom is -0.489 e. The van der Waals surface area contributed by atoms with Crippen molar-refractivity contribution in [2.45, 2.75) is 58.3 Å². The molecule has 8 nitrogen and oxygen atoms in total. The largest absolute Gasteiger partial charge is 0.489 e. The molecule has 162 valence electrons. The molecule has 2 unspecified atom stereocenters. The van der Waals surface area contributed by atoms with E-state index in [1.54, 1.807) is 23.4 Å². The molecule has 1 aliphatic heterocycles. The van der Waals surface area contributed by atoms with E-state index in [1.807, 2.05) is 51.6 Å². The lowest BCUT2D eigenvalue weighted by Crippen LogP contribution is -2.49.